The first-order chi connectivity index (χ1) is 13.6. The Labute approximate surface area is 163 Å². The fourth-order valence-corrected chi connectivity index (χ4v) is 3.27. The van der Waals surface area contributed by atoms with E-state index >= 15 is 0 Å². The maximum absolute atomic E-state index is 12.6. The number of nitrogens with one attached hydrogen (secondary N) is 1. The normalized spacial score (nSPS) is 14.2. The molecule has 0 unspecified atom stereocenters. The van der Waals surface area contributed by atoms with Crippen molar-refractivity contribution >= 4 is 17.5 Å². The number of piperazine rings is 1. The van der Waals surface area contributed by atoms with Gasteiger partial charge in [0, 0.05) is 50.3 Å². The van der Waals surface area contributed by atoms with E-state index in [2.05, 4.69) is 25.3 Å². The van der Waals surface area contributed by atoms with E-state index in [9.17, 15) is 4.79 Å². The molecule has 0 bridgehead atoms. The molecular weight excluding hydrogens is 354 g/mol. The molecule has 1 aliphatic heterocycles. The first kappa shape index (κ1) is 18.0. The minimum absolute atomic E-state index is 0.0648. The third-order valence-corrected chi connectivity index (χ3v) is 4.83. The highest BCUT2D eigenvalue weighted by molar-refractivity contribution is 5.90. The van der Waals surface area contributed by atoms with Gasteiger partial charge >= 0.3 is 6.03 Å². The zero-order chi connectivity index (χ0) is 19.5. The van der Waals surface area contributed by atoms with Crippen LogP contribution in [0.25, 0.3) is 5.82 Å². The van der Waals surface area contributed by atoms with E-state index in [0.717, 1.165) is 36.0 Å². The highest BCUT2D eigenvalue weighted by Crippen LogP contribution is 2.18. The zero-order valence-corrected chi connectivity index (χ0v) is 16.0. The number of hydrogen-bond acceptors (Lipinski definition) is 5. The van der Waals surface area contributed by atoms with Gasteiger partial charge in [-0.2, -0.15) is 5.10 Å². The van der Waals surface area contributed by atoms with E-state index in [4.69, 9.17) is 0 Å². The number of hydrogen-bond donors (Lipinski definition) is 1. The van der Waals surface area contributed by atoms with Crippen LogP contribution in [0.5, 0.6) is 0 Å². The first-order valence-corrected chi connectivity index (χ1v) is 9.32. The Kier molecular flexibility index (Phi) is 4.92. The largest absolute Gasteiger partial charge is 0.353 e. The molecule has 1 saturated heterocycles. The Morgan fingerprint density at radius 1 is 1.00 bits per heavy atom. The number of nitrogens with zero attached hydrogens (tertiary/aromatic N) is 6. The summed E-state index contributed by atoms with van der Waals surface area (Å²) in [7, 11) is 0. The number of urea groups is 1. The van der Waals surface area contributed by atoms with Crippen molar-refractivity contribution in [3.63, 3.8) is 0 Å². The van der Waals surface area contributed by atoms with Crippen molar-refractivity contribution in [3.8, 4) is 5.82 Å². The van der Waals surface area contributed by atoms with Gasteiger partial charge in [0.05, 0.1) is 0 Å². The number of anilines is 2. The fourth-order valence-electron chi connectivity index (χ4n) is 3.27. The maximum Gasteiger partial charge on any atom is 0.321 e. The summed E-state index contributed by atoms with van der Waals surface area (Å²) in [6.45, 7) is 6.58. The molecule has 8 nitrogen and oxygen atoms in total. The number of amides is 2. The molecule has 0 spiro atoms. The SMILES string of the molecule is Cc1nc(N2CCN(C(=O)Nc3ccccc3C)CC2)cc(-n2cccn2)n1. The number of rotatable bonds is 3. The lowest BCUT2D eigenvalue weighted by Crippen LogP contribution is -2.50. The Balaban J connectivity index is 1.42. The van der Waals surface area contributed by atoms with Crippen LogP contribution in [-0.2, 0) is 0 Å². The minimum Gasteiger partial charge on any atom is -0.353 e. The molecule has 0 saturated carbocycles. The predicted octanol–water partition coefficient (Wildman–Crippen LogP) is 2.63. The van der Waals surface area contributed by atoms with Gasteiger partial charge < -0.3 is 15.1 Å². The molecule has 1 aliphatic rings. The molecule has 28 heavy (non-hydrogen) atoms. The molecule has 0 atom stereocenters. The fraction of sp³-hybridized carbons (Fsp3) is 0.300. The number of aryl methyl sites for hydroxylation is 2. The van der Waals surface area contributed by atoms with Gasteiger partial charge in [-0.25, -0.2) is 19.4 Å². The lowest BCUT2D eigenvalue weighted by molar-refractivity contribution is 0.208. The van der Waals surface area contributed by atoms with E-state index in [1.54, 1.807) is 10.9 Å². The standard InChI is InChI=1S/C20H23N7O/c1-15-6-3-4-7-17(15)24-20(28)26-12-10-25(11-13-26)18-14-19(23-16(2)22-18)27-9-5-8-21-27/h3-9,14H,10-13H2,1-2H3,(H,24,28). The van der Waals surface area contributed by atoms with Gasteiger partial charge in [-0.1, -0.05) is 18.2 Å². The van der Waals surface area contributed by atoms with E-state index in [-0.39, 0.29) is 6.03 Å². The van der Waals surface area contributed by atoms with Crippen molar-refractivity contribution < 1.29 is 4.79 Å². The Hall–Kier alpha value is -3.42. The smallest absolute Gasteiger partial charge is 0.321 e. The Morgan fingerprint density at radius 2 is 1.75 bits per heavy atom. The van der Waals surface area contributed by atoms with Crippen LogP contribution in [0.15, 0.2) is 48.8 Å². The predicted molar refractivity (Wildman–Crippen MR) is 108 cm³/mol. The molecular formula is C20H23N7O. The summed E-state index contributed by atoms with van der Waals surface area (Å²) in [6, 6.07) is 11.5. The van der Waals surface area contributed by atoms with Crippen molar-refractivity contribution in [2.24, 2.45) is 0 Å². The van der Waals surface area contributed by atoms with E-state index in [1.807, 2.05) is 61.3 Å². The molecule has 2 aromatic heterocycles. The third kappa shape index (κ3) is 3.80. The van der Waals surface area contributed by atoms with Gasteiger partial charge in [0.15, 0.2) is 5.82 Å². The second-order valence-electron chi connectivity index (χ2n) is 6.80. The van der Waals surface area contributed by atoms with Gasteiger partial charge in [0.25, 0.3) is 0 Å². The second-order valence-corrected chi connectivity index (χ2v) is 6.80. The van der Waals surface area contributed by atoms with Crippen LogP contribution in [0.1, 0.15) is 11.4 Å². The number of carbonyl (C=O) groups excluding carboxylic acids is 1. The lowest BCUT2D eigenvalue weighted by atomic mass is 10.2. The Morgan fingerprint density at radius 3 is 2.46 bits per heavy atom. The van der Waals surface area contributed by atoms with Crippen molar-refractivity contribution in [2.45, 2.75) is 13.8 Å². The number of aromatic nitrogens is 4. The number of benzene rings is 1. The summed E-state index contributed by atoms with van der Waals surface area (Å²) in [5.74, 6) is 2.30. The van der Waals surface area contributed by atoms with Crippen LogP contribution in [-0.4, -0.2) is 56.9 Å². The quantitative estimate of drug-likeness (QED) is 0.759. The average molecular weight is 377 g/mol. The maximum atomic E-state index is 12.6. The first-order valence-electron chi connectivity index (χ1n) is 9.32. The molecule has 4 rings (SSSR count). The number of para-hydroxylation sites is 1. The molecule has 1 fully saturated rings. The molecule has 1 aromatic carbocycles. The molecule has 8 heteroatoms. The highest BCUT2D eigenvalue weighted by atomic mass is 16.2. The van der Waals surface area contributed by atoms with Crippen LogP contribution in [0, 0.1) is 13.8 Å². The Bertz CT molecular complexity index is 962. The molecule has 0 aliphatic carbocycles. The lowest BCUT2D eigenvalue weighted by Gasteiger charge is -2.35. The molecule has 1 N–H and O–H groups in total. The van der Waals surface area contributed by atoms with Crippen molar-refractivity contribution in [3.05, 3.63) is 60.2 Å². The van der Waals surface area contributed by atoms with Crippen LogP contribution in [0.3, 0.4) is 0 Å². The summed E-state index contributed by atoms with van der Waals surface area (Å²) in [5.41, 5.74) is 1.90. The van der Waals surface area contributed by atoms with Crippen molar-refractivity contribution in [1.82, 2.24) is 24.6 Å². The van der Waals surface area contributed by atoms with Gasteiger partial charge in [-0.05, 0) is 31.5 Å². The zero-order valence-electron chi connectivity index (χ0n) is 16.0. The van der Waals surface area contributed by atoms with Crippen LogP contribution in [0.4, 0.5) is 16.3 Å². The summed E-state index contributed by atoms with van der Waals surface area (Å²) >= 11 is 0. The summed E-state index contributed by atoms with van der Waals surface area (Å²) in [4.78, 5) is 25.6. The van der Waals surface area contributed by atoms with Gasteiger partial charge in [0.1, 0.15) is 11.6 Å². The minimum atomic E-state index is -0.0648. The van der Waals surface area contributed by atoms with Crippen LogP contribution in [0.2, 0.25) is 0 Å². The molecule has 144 valence electrons. The second kappa shape index (κ2) is 7.67. The van der Waals surface area contributed by atoms with Gasteiger partial charge in [-0.3, -0.25) is 0 Å². The van der Waals surface area contributed by atoms with Crippen molar-refractivity contribution in [1.29, 1.82) is 0 Å². The van der Waals surface area contributed by atoms with E-state index in [0.29, 0.717) is 18.9 Å². The molecule has 0 radical (unpaired) electrons. The highest BCUT2D eigenvalue weighted by Gasteiger charge is 2.23. The van der Waals surface area contributed by atoms with E-state index < -0.39 is 0 Å². The number of carbonyl (C=O) groups is 1. The van der Waals surface area contributed by atoms with Gasteiger partial charge in [0.2, 0.25) is 0 Å². The average Bonchev–Trinajstić information content (AvgIpc) is 3.24. The summed E-state index contributed by atoms with van der Waals surface area (Å²) in [6.07, 6.45) is 3.59. The van der Waals surface area contributed by atoms with Crippen LogP contribution < -0.4 is 10.2 Å². The topological polar surface area (TPSA) is 79.2 Å². The molecule has 2 amide bonds. The monoisotopic (exact) mass is 377 g/mol. The molecule has 3 heterocycles. The summed E-state index contributed by atoms with van der Waals surface area (Å²) < 4.78 is 1.73. The van der Waals surface area contributed by atoms with Crippen LogP contribution >= 0.6 is 0 Å². The van der Waals surface area contributed by atoms with Crippen molar-refractivity contribution in [2.75, 3.05) is 36.4 Å². The summed E-state index contributed by atoms with van der Waals surface area (Å²) in [5, 5.41) is 7.25. The molecule has 3 aromatic rings. The third-order valence-electron chi connectivity index (χ3n) is 4.83. The van der Waals surface area contributed by atoms with E-state index in [1.165, 1.54) is 0 Å². The van der Waals surface area contributed by atoms with Gasteiger partial charge in [-0.15, -0.1) is 0 Å².